The van der Waals surface area contributed by atoms with E-state index in [-0.39, 0.29) is 17.7 Å². The van der Waals surface area contributed by atoms with E-state index in [0.717, 1.165) is 53.5 Å². The van der Waals surface area contributed by atoms with E-state index < -0.39 is 0 Å². The van der Waals surface area contributed by atoms with Crippen molar-refractivity contribution in [1.29, 1.82) is 5.26 Å². The summed E-state index contributed by atoms with van der Waals surface area (Å²) >= 11 is 0. The van der Waals surface area contributed by atoms with Crippen LogP contribution in [0.4, 0.5) is 0 Å². The lowest BCUT2D eigenvalue weighted by molar-refractivity contribution is 0.245. The minimum atomic E-state index is -0.254. The van der Waals surface area contributed by atoms with E-state index in [2.05, 4.69) is 27.9 Å². The molecule has 36 heavy (non-hydrogen) atoms. The molecule has 6 rings (SSSR count). The lowest BCUT2D eigenvalue weighted by atomic mass is 9.72. The lowest BCUT2D eigenvalue weighted by Crippen LogP contribution is -2.27. The maximum Gasteiger partial charge on any atom is 0.205 e. The number of imidazole rings is 1. The zero-order valence-corrected chi connectivity index (χ0v) is 21.3. The van der Waals surface area contributed by atoms with Gasteiger partial charge in [-0.2, -0.15) is 5.26 Å². The third-order valence-corrected chi connectivity index (χ3v) is 6.67. The van der Waals surface area contributed by atoms with Crippen molar-refractivity contribution < 1.29 is 4.74 Å². The molecule has 2 unspecified atom stereocenters. The highest BCUT2D eigenvalue weighted by molar-refractivity contribution is 5.53. The van der Waals surface area contributed by atoms with Crippen molar-refractivity contribution in [3.63, 3.8) is 0 Å². The molecule has 0 spiro atoms. The number of nitriles is 1. The second kappa shape index (κ2) is 11.7. The summed E-state index contributed by atoms with van der Waals surface area (Å²) in [6.45, 7) is 6.28. The number of hydrogen-bond acceptors (Lipinski definition) is 6. The van der Waals surface area contributed by atoms with Crippen LogP contribution in [0.3, 0.4) is 0 Å². The molecule has 1 saturated carbocycles. The van der Waals surface area contributed by atoms with Gasteiger partial charge in [0.25, 0.3) is 0 Å². The number of allylic oxidation sites excluding steroid dienone is 3. The van der Waals surface area contributed by atoms with Crippen molar-refractivity contribution in [3.05, 3.63) is 95.6 Å². The van der Waals surface area contributed by atoms with E-state index in [1.807, 2.05) is 54.9 Å². The molecule has 0 saturated heterocycles. The van der Waals surface area contributed by atoms with Crippen molar-refractivity contribution in [2.75, 3.05) is 0 Å². The summed E-state index contributed by atoms with van der Waals surface area (Å²) in [6.07, 6.45) is 14.4. The number of rotatable bonds is 3. The average molecular weight is 483 g/mol. The highest BCUT2D eigenvalue weighted by atomic mass is 16.5. The van der Waals surface area contributed by atoms with Gasteiger partial charge >= 0.3 is 0 Å². The quantitative estimate of drug-likeness (QED) is 0.481. The van der Waals surface area contributed by atoms with Gasteiger partial charge in [-0.3, -0.25) is 0 Å². The second-order valence-corrected chi connectivity index (χ2v) is 9.13. The van der Waals surface area contributed by atoms with E-state index in [1.54, 1.807) is 25.0 Å². The summed E-state index contributed by atoms with van der Waals surface area (Å²) in [6, 6.07) is 12.4. The fraction of sp³-hybridized carbons (Fsp3) is 0.379. The lowest BCUT2D eigenvalue weighted by Gasteiger charge is -2.36. The van der Waals surface area contributed by atoms with E-state index in [4.69, 9.17) is 10.5 Å². The van der Waals surface area contributed by atoms with E-state index in [1.165, 1.54) is 12.8 Å². The predicted molar refractivity (Wildman–Crippen MR) is 140 cm³/mol. The molecule has 1 fully saturated rings. The Morgan fingerprint density at radius 1 is 1.06 bits per heavy atom. The molecule has 1 aliphatic heterocycles. The summed E-state index contributed by atoms with van der Waals surface area (Å²) in [4.78, 5) is 12.7. The predicted octanol–water partition coefficient (Wildman–Crippen LogP) is 6.13. The molecule has 2 atom stereocenters. The molecule has 3 aliphatic rings. The van der Waals surface area contributed by atoms with Gasteiger partial charge in [0.05, 0.1) is 12.0 Å². The standard InChI is InChI=1S/C23H20N6O.C4H8.C2H6/c24-12-18-21(15-4-6-16(7-5-15)29-11-10-27-14-29)22-17(19-8-9-26-13-28-19)2-1-3-20(22)30-23(18)25;1-4-2-3-4;1-2/h4-11,13-14,17,21H,1-3,25H2;4H,2-3H2,1H3;1-2H3. The van der Waals surface area contributed by atoms with Gasteiger partial charge in [-0.1, -0.05) is 45.7 Å². The molecular weight excluding hydrogens is 448 g/mol. The van der Waals surface area contributed by atoms with Gasteiger partial charge in [0.1, 0.15) is 23.7 Å². The molecule has 3 aromatic rings. The molecule has 1 aromatic carbocycles. The molecule has 186 valence electrons. The summed E-state index contributed by atoms with van der Waals surface area (Å²) in [5, 5.41) is 9.92. The van der Waals surface area contributed by atoms with Gasteiger partial charge in [0.15, 0.2) is 0 Å². The largest absolute Gasteiger partial charge is 0.445 e. The third-order valence-electron chi connectivity index (χ3n) is 6.67. The molecule has 7 heteroatoms. The monoisotopic (exact) mass is 482 g/mol. The van der Waals surface area contributed by atoms with Crippen LogP contribution >= 0.6 is 0 Å². The minimum Gasteiger partial charge on any atom is -0.445 e. The Balaban J connectivity index is 0.000000454. The van der Waals surface area contributed by atoms with Gasteiger partial charge in [-0.15, -0.1) is 0 Å². The Morgan fingerprint density at radius 2 is 1.81 bits per heavy atom. The third kappa shape index (κ3) is 5.49. The van der Waals surface area contributed by atoms with Crippen LogP contribution in [0.1, 0.15) is 76.0 Å². The Labute approximate surface area is 213 Å². The number of benzene rings is 1. The smallest absolute Gasteiger partial charge is 0.205 e. The average Bonchev–Trinajstić information content (AvgIpc) is 3.51. The van der Waals surface area contributed by atoms with E-state index >= 15 is 0 Å². The molecule has 2 aromatic heterocycles. The summed E-state index contributed by atoms with van der Waals surface area (Å²) < 4.78 is 7.88. The molecule has 0 radical (unpaired) electrons. The van der Waals surface area contributed by atoms with Crippen LogP contribution in [-0.4, -0.2) is 19.5 Å². The highest BCUT2D eigenvalue weighted by Gasteiger charge is 2.39. The van der Waals surface area contributed by atoms with Crippen LogP contribution < -0.4 is 5.73 Å². The number of ether oxygens (including phenoxy) is 1. The Hall–Kier alpha value is -3.92. The zero-order valence-electron chi connectivity index (χ0n) is 21.3. The van der Waals surface area contributed by atoms with Crippen LogP contribution in [0.25, 0.3) is 5.69 Å². The molecule has 7 nitrogen and oxygen atoms in total. The van der Waals surface area contributed by atoms with Gasteiger partial charge < -0.3 is 15.0 Å². The number of nitrogens with zero attached hydrogens (tertiary/aromatic N) is 5. The van der Waals surface area contributed by atoms with Crippen LogP contribution in [0.5, 0.6) is 0 Å². The first-order valence-electron chi connectivity index (χ1n) is 12.8. The van der Waals surface area contributed by atoms with Crippen molar-refractivity contribution >= 4 is 0 Å². The van der Waals surface area contributed by atoms with Crippen molar-refractivity contribution in [2.24, 2.45) is 11.7 Å². The minimum absolute atomic E-state index is 0.0616. The van der Waals surface area contributed by atoms with Gasteiger partial charge in [0.2, 0.25) is 5.88 Å². The Morgan fingerprint density at radius 3 is 2.39 bits per heavy atom. The molecule has 2 N–H and O–H groups in total. The fourth-order valence-electron chi connectivity index (χ4n) is 4.62. The molecule has 3 heterocycles. The van der Waals surface area contributed by atoms with Crippen LogP contribution in [0.2, 0.25) is 0 Å². The first kappa shape index (κ1) is 25.2. The molecule has 0 bridgehead atoms. The Kier molecular flexibility index (Phi) is 8.17. The summed E-state index contributed by atoms with van der Waals surface area (Å²) in [5.74, 6) is 1.95. The van der Waals surface area contributed by atoms with Crippen LogP contribution in [0, 0.1) is 17.2 Å². The number of nitrogens with two attached hydrogens (primary N) is 1. The first-order valence-corrected chi connectivity index (χ1v) is 12.8. The Bertz CT molecular complexity index is 1240. The van der Waals surface area contributed by atoms with Crippen molar-refractivity contribution in [2.45, 2.75) is 64.7 Å². The van der Waals surface area contributed by atoms with Gasteiger partial charge in [0, 0.05) is 42.5 Å². The SMILES string of the molecule is CC.CC1CC1.N#CC1=C(N)OC2=C(C(c3ccncn3)CCC2)C1c1ccc(-n2ccnc2)cc1. The normalized spacial score (nSPS) is 20.6. The van der Waals surface area contributed by atoms with E-state index in [9.17, 15) is 5.26 Å². The molecular formula is C29H34N6O. The van der Waals surface area contributed by atoms with E-state index in [0.29, 0.717) is 5.57 Å². The molecule has 0 amide bonds. The molecule has 2 aliphatic carbocycles. The second-order valence-electron chi connectivity index (χ2n) is 9.13. The maximum absolute atomic E-state index is 9.92. The maximum atomic E-state index is 9.92. The van der Waals surface area contributed by atoms with Crippen LogP contribution in [0.15, 0.2) is 84.4 Å². The highest BCUT2D eigenvalue weighted by Crippen LogP contribution is 2.50. The number of hydrogen-bond donors (Lipinski definition) is 1. The first-order chi connectivity index (χ1) is 17.7. The fourth-order valence-corrected chi connectivity index (χ4v) is 4.62. The van der Waals surface area contributed by atoms with Crippen LogP contribution in [-0.2, 0) is 4.74 Å². The number of aromatic nitrogens is 4. The van der Waals surface area contributed by atoms with Crippen molar-refractivity contribution in [3.8, 4) is 11.8 Å². The van der Waals surface area contributed by atoms with Gasteiger partial charge in [-0.25, -0.2) is 15.0 Å². The van der Waals surface area contributed by atoms with Crippen molar-refractivity contribution in [1.82, 2.24) is 19.5 Å². The van der Waals surface area contributed by atoms with Gasteiger partial charge in [-0.05, 0) is 48.1 Å². The zero-order chi connectivity index (χ0) is 25.5. The topological polar surface area (TPSA) is 103 Å². The summed E-state index contributed by atoms with van der Waals surface area (Å²) in [7, 11) is 0. The summed E-state index contributed by atoms with van der Waals surface area (Å²) in [5.41, 5.74) is 10.7.